The fourth-order valence-electron chi connectivity index (χ4n) is 3.48. The fourth-order valence-corrected chi connectivity index (χ4v) is 3.48. The highest BCUT2D eigenvalue weighted by atomic mass is 19.1. The summed E-state index contributed by atoms with van der Waals surface area (Å²) in [6, 6.07) is 5.47. The van der Waals surface area contributed by atoms with Crippen molar-refractivity contribution in [1.82, 2.24) is 0 Å². The second kappa shape index (κ2) is 6.04. The first-order valence-electron chi connectivity index (χ1n) is 7.49. The Kier molecular flexibility index (Phi) is 4.62. The highest BCUT2D eigenvalue weighted by molar-refractivity contribution is 5.28. The average Bonchev–Trinajstić information content (AvgIpc) is 2.40. The molecule has 1 aliphatic rings. The molecule has 0 amide bonds. The average molecular weight is 263 g/mol. The molecule has 0 aliphatic heterocycles. The van der Waals surface area contributed by atoms with E-state index < -0.39 is 0 Å². The molecule has 0 spiro atoms. The minimum atomic E-state index is -0.0570. The van der Waals surface area contributed by atoms with Gasteiger partial charge < -0.3 is 5.73 Å². The Hall–Kier alpha value is -0.890. The van der Waals surface area contributed by atoms with Crippen molar-refractivity contribution in [2.24, 2.45) is 23.5 Å². The SMILES string of the molecule is Cc1ccc(F)c(C2CC(C(C)C)CCC2CN)c1. The Morgan fingerprint density at radius 3 is 2.68 bits per heavy atom. The van der Waals surface area contributed by atoms with E-state index in [2.05, 4.69) is 13.8 Å². The molecule has 1 saturated carbocycles. The molecule has 19 heavy (non-hydrogen) atoms. The second-order valence-corrected chi connectivity index (χ2v) is 6.44. The van der Waals surface area contributed by atoms with E-state index in [4.69, 9.17) is 5.73 Å². The van der Waals surface area contributed by atoms with Gasteiger partial charge in [-0.15, -0.1) is 0 Å². The molecule has 0 radical (unpaired) electrons. The van der Waals surface area contributed by atoms with Gasteiger partial charge in [0.2, 0.25) is 0 Å². The molecular formula is C17H26FN. The van der Waals surface area contributed by atoms with Crippen LogP contribution in [0, 0.1) is 30.5 Å². The predicted octanol–water partition coefficient (Wildman–Crippen LogP) is 4.25. The van der Waals surface area contributed by atoms with Crippen molar-refractivity contribution in [3.63, 3.8) is 0 Å². The monoisotopic (exact) mass is 263 g/mol. The summed E-state index contributed by atoms with van der Waals surface area (Å²) >= 11 is 0. The van der Waals surface area contributed by atoms with Crippen molar-refractivity contribution in [2.45, 2.75) is 46.0 Å². The number of benzene rings is 1. The van der Waals surface area contributed by atoms with E-state index in [0.717, 1.165) is 24.0 Å². The highest BCUT2D eigenvalue weighted by Gasteiger charge is 2.33. The number of rotatable bonds is 3. The van der Waals surface area contributed by atoms with Gasteiger partial charge in [0.1, 0.15) is 5.82 Å². The molecule has 0 heterocycles. The molecule has 2 N–H and O–H groups in total. The molecule has 0 saturated heterocycles. The van der Waals surface area contributed by atoms with Crippen LogP contribution in [0.15, 0.2) is 18.2 Å². The van der Waals surface area contributed by atoms with Crippen LogP contribution in [0.25, 0.3) is 0 Å². The summed E-state index contributed by atoms with van der Waals surface area (Å²) in [4.78, 5) is 0. The molecule has 1 aliphatic carbocycles. The van der Waals surface area contributed by atoms with Crippen LogP contribution >= 0.6 is 0 Å². The quantitative estimate of drug-likeness (QED) is 0.867. The Morgan fingerprint density at radius 1 is 1.32 bits per heavy atom. The van der Waals surface area contributed by atoms with E-state index in [0.29, 0.717) is 30.2 Å². The maximum atomic E-state index is 14.2. The van der Waals surface area contributed by atoms with Gasteiger partial charge in [0.15, 0.2) is 0 Å². The normalized spacial score (nSPS) is 27.8. The predicted molar refractivity (Wildman–Crippen MR) is 78.6 cm³/mol. The first-order valence-corrected chi connectivity index (χ1v) is 7.49. The van der Waals surface area contributed by atoms with Gasteiger partial charge in [0.05, 0.1) is 0 Å². The lowest BCUT2D eigenvalue weighted by molar-refractivity contribution is 0.195. The summed E-state index contributed by atoms with van der Waals surface area (Å²) in [6.45, 7) is 7.25. The Labute approximate surface area is 116 Å². The van der Waals surface area contributed by atoms with Crippen LogP contribution in [-0.2, 0) is 0 Å². The molecule has 2 heteroatoms. The minimum Gasteiger partial charge on any atom is -0.330 e. The van der Waals surface area contributed by atoms with Gasteiger partial charge in [-0.3, -0.25) is 0 Å². The minimum absolute atomic E-state index is 0.0570. The van der Waals surface area contributed by atoms with E-state index in [1.807, 2.05) is 19.1 Å². The molecule has 3 atom stereocenters. The summed E-state index contributed by atoms with van der Waals surface area (Å²) in [6.07, 6.45) is 3.46. The first kappa shape index (κ1) is 14.5. The standard InChI is InChI=1S/C17H26FN/c1-11(2)13-5-6-14(10-19)15(9-13)16-8-12(3)4-7-17(16)18/h4,7-8,11,13-15H,5-6,9-10,19H2,1-3H3. The van der Waals surface area contributed by atoms with Crippen LogP contribution in [0.2, 0.25) is 0 Å². The molecule has 0 bridgehead atoms. The molecule has 1 fully saturated rings. The van der Waals surface area contributed by atoms with E-state index in [9.17, 15) is 4.39 Å². The van der Waals surface area contributed by atoms with Crippen molar-refractivity contribution in [2.75, 3.05) is 6.54 Å². The highest BCUT2D eigenvalue weighted by Crippen LogP contribution is 2.43. The van der Waals surface area contributed by atoms with E-state index in [1.54, 1.807) is 6.07 Å². The van der Waals surface area contributed by atoms with Gasteiger partial charge in [0, 0.05) is 0 Å². The van der Waals surface area contributed by atoms with Crippen molar-refractivity contribution in [1.29, 1.82) is 0 Å². The molecule has 3 unspecified atom stereocenters. The molecule has 1 aromatic rings. The zero-order valence-corrected chi connectivity index (χ0v) is 12.3. The van der Waals surface area contributed by atoms with Crippen LogP contribution in [0.5, 0.6) is 0 Å². The fraction of sp³-hybridized carbons (Fsp3) is 0.647. The summed E-state index contributed by atoms with van der Waals surface area (Å²) < 4.78 is 14.2. The number of hydrogen-bond acceptors (Lipinski definition) is 1. The molecular weight excluding hydrogens is 237 g/mol. The topological polar surface area (TPSA) is 26.0 Å². The van der Waals surface area contributed by atoms with Gasteiger partial charge in [-0.25, -0.2) is 4.39 Å². The smallest absolute Gasteiger partial charge is 0.126 e. The first-order chi connectivity index (χ1) is 9.02. The third-order valence-corrected chi connectivity index (χ3v) is 4.83. The van der Waals surface area contributed by atoms with Crippen LogP contribution in [0.1, 0.15) is 50.2 Å². The van der Waals surface area contributed by atoms with Gasteiger partial charge in [-0.2, -0.15) is 0 Å². The lowest BCUT2D eigenvalue weighted by atomic mass is 9.68. The molecule has 1 aromatic carbocycles. The van der Waals surface area contributed by atoms with Crippen molar-refractivity contribution < 1.29 is 4.39 Å². The third kappa shape index (κ3) is 3.17. The summed E-state index contributed by atoms with van der Waals surface area (Å²) in [5, 5.41) is 0. The lowest BCUT2D eigenvalue weighted by Crippen LogP contribution is -2.31. The van der Waals surface area contributed by atoms with E-state index in [-0.39, 0.29) is 5.82 Å². The van der Waals surface area contributed by atoms with Crippen LogP contribution in [0.3, 0.4) is 0 Å². The van der Waals surface area contributed by atoms with Crippen LogP contribution in [-0.4, -0.2) is 6.54 Å². The second-order valence-electron chi connectivity index (χ2n) is 6.44. The number of aryl methyl sites for hydroxylation is 1. The summed E-state index contributed by atoms with van der Waals surface area (Å²) in [7, 11) is 0. The molecule has 2 rings (SSSR count). The van der Waals surface area contributed by atoms with Gasteiger partial charge in [-0.05, 0) is 68.0 Å². The summed E-state index contributed by atoms with van der Waals surface area (Å²) in [5.74, 6) is 2.05. The van der Waals surface area contributed by atoms with Crippen LogP contribution in [0.4, 0.5) is 4.39 Å². The zero-order valence-electron chi connectivity index (χ0n) is 12.3. The van der Waals surface area contributed by atoms with Crippen molar-refractivity contribution in [3.8, 4) is 0 Å². The lowest BCUT2D eigenvalue weighted by Gasteiger charge is -2.38. The Balaban J connectivity index is 2.29. The maximum Gasteiger partial charge on any atom is 0.126 e. The van der Waals surface area contributed by atoms with Crippen molar-refractivity contribution in [3.05, 3.63) is 35.1 Å². The number of nitrogens with two attached hydrogens (primary N) is 1. The van der Waals surface area contributed by atoms with Gasteiger partial charge >= 0.3 is 0 Å². The van der Waals surface area contributed by atoms with Gasteiger partial charge in [-0.1, -0.05) is 31.5 Å². The molecule has 106 valence electrons. The van der Waals surface area contributed by atoms with Crippen LogP contribution < -0.4 is 5.73 Å². The van der Waals surface area contributed by atoms with E-state index >= 15 is 0 Å². The summed E-state index contributed by atoms with van der Waals surface area (Å²) in [5.41, 5.74) is 7.95. The number of hydrogen-bond donors (Lipinski definition) is 1. The Morgan fingerprint density at radius 2 is 2.05 bits per heavy atom. The van der Waals surface area contributed by atoms with Crippen molar-refractivity contribution >= 4 is 0 Å². The Bertz CT molecular complexity index is 427. The zero-order chi connectivity index (χ0) is 14.0. The largest absolute Gasteiger partial charge is 0.330 e. The molecule has 1 nitrogen and oxygen atoms in total. The van der Waals surface area contributed by atoms with Gasteiger partial charge in [0.25, 0.3) is 0 Å². The third-order valence-electron chi connectivity index (χ3n) is 4.83. The molecule has 0 aromatic heterocycles. The maximum absolute atomic E-state index is 14.2. The number of halogens is 1. The van der Waals surface area contributed by atoms with E-state index in [1.165, 1.54) is 6.42 Å².